The molecule has 1 aromatic carbocycles. The molecule has 4 aromatic rings. The van der Waals surface area contributed by atoms with Crippen LogP contribution in [0.4, 0.5) is 5.82 Å². The Balaban J connectivity index is 1.03. The van der Waals surface area contributed by atoms with E-state index in [9.17, 15) is 10.2 Å². The maximum Gasteiger partial charge on any atom is 0.164 e. The molecule has 1 aliphatic heterocycles. The zero-order valence-electron chi connectivity index (χ0n) is 23.8. The highest BCUT2D eigenvalue weighted by Crippen LogP contribution is 2.38. The van der Waals surface area contributed by atoms with Gasteiger partial charge < -0.3 is 30.2 Å². The highest BCUT2D eigenvalue weighted by molar-refractivity contribution is 5.86. The number of imidazole rings is 1. The van der Waals surface area contributed by atoms with Crippen molar-refractivity contribution in [2.24, 2.45) is 5.92 Å². The number of benzene rings is 1. The summed E-state index contributed by atoms with van der Waals surface area (Å²) < 4.78 is 7.96. The SMILES string of the molecule is CCN(C[C@H]1O[C@@H](n2ccc3c(N)ncnc32)[C@@H](O)[C@H]1O)C1CC(CCc2nc3ccc(C(C)(C)C)cc3[nH]2)C1. The van der Waals surface area contributed by atoms with Gasteiger partial charge >= 0.3 is 0 Å². The van der Waals surface area contributed by atoms with Crippen LogP contribution in [0.1, 0.15) is 64.6 Å². The molecule has 4 atom stereocenters. The molecule has 5 N–H and O–H groups in total. The molecule has 1 aliphatic carbocycles. The zero-order chi connectivity index (χ0) is 28.2. The van der Waals surface area contributed by atoms with E-state index in [1.807, 2.05) is 6.07 Å². The third kappa shape index (κ3) is 4.98. The number of nitrogens with two attached hydrogens (primary N) is 1. The number of nitrogens with zero attached hydrogens (tertiary/aromatic N) is 5. The highest BCUT2D eigenvalue weighted by Gasteiger charge is 2.46. The second-order valence-corrected chi connectivity index (χ2v) is 12.5. The Labute approximate surface area is 234 Å². The van der Waals surface area contributed by atoms with E-state index < -0.39 is 24.5 Å². The highest BCUT2D eigenvalue weighted by atomic mass is 16.6. The van der Waals surface area contributed by atoms with Crippen LogP contribution in [0.2, 0.25) is 0 Å². The summed E-state index contributed by atoms with van der Waals surface area (Å²) in [5, 5.41) is 22.4. The second kappa shape index (κ2) is 10.4. The van der Waals surface area contributed by atoms with Gasteiger partial charge in [0.15, 0.2) is 6.23 Å². The van der Waals surface area contributed by atoms with E-state index in [2.05, 4.69) is 65.7 Å². The Kier molecular flexibility index (Phi) is 7.06. The number of aromatic nitrogens is 5. The Hall–Kier alpha value is -3.05. The van der Waals surface area contributed by atoms with Gasteiger partial charge in [0.2, 0.25) is 0 Å². The van der Waals surface area contributed by atoms with Crippen molar-refractivity contribution < 1.29 is 14.9 Å². The number of aromatic amines is 1. The molecule has 0 spiro atoms. The summed E-state index contributed by atoms with van der Waals surface area (Å²) >= 11 is 0. The van der Waals surface area contributed by atoms with E-state index in [0.717, 1.165) is 49.1 Å². The Morgan fingerprint density at radius 1 is 1.15 bits per heavy atom. The van der Waals surface area contributed by atoms with Crippen molar-refractivity contribution in [2.45, 2.75) is 89.4 Å². The number of H-pyrrole nitrogens is 1. The molecule has 214 valence electrons. The van der Waals surface area contributed by atoms with Gasteiger partial charge in [0.05, 0.1) is 16.4 Å². The molecule has 40 heavy (non-hydrogen) atoms. The number of aryl methyl sites for hydroxylation is 1. The molecule has 0 bridgehead atoms. The molecule has 6 rings (SSSR count). The number of aliphatic hydroxyl groups excluding tert-OH is 2. The quantitative estimate of drug-likeness (QED) is 0.263. The fourth-order valence-corrected chi connectivity index (χ4v) is 6.30. The van der Waals surface area contributed by atoms with Crippen LogP contribution in [0.5, 0.6) is 0 Å². The molecule has 2 aliphatic rings. The van der Waals surface area contributed by atoms with Crippen LogP contribution in [0, 0.1) is 5.92 Å². The van der Waals surface area contributed by atoms with E-state index in [4.69, 9.17) is 15.5 Å². The smallest absolute Gasteiger partial charge is 0.164 e. The molecular weight excluding hydrogens is 506 g/mol. The van der Waals surface area contributed by atoms with E-state index in [0.29, 0.717) is 35.4 Å². The summed E-state index contributed by atoms with van der Waals surface area (Å²) in [4.78, 5) is 19.1. The summed E-state index contributed by atoms with van der Waals surface area (Å²) in [6.45, 7) is 10.3. The monoisotopic (exact) mass is 547 g/mol. The van der Waals surface area contributed by atoms with Crippen molar-refractivity contribution in [3.8, 4) is 0 Å². The number of ether oxygens (including phenoxy) is 1. The second-order valence-electron chi connectivity index (χ2n) is 12.5. The maximum absolute atomic E-state index is 10.9. The van der Waals surface area contributed by atoms with E-state index in [1.165, 1.54) is 11.9 Å². The minimum Gasteiger partial charge on any atom is -0.387 e. The first kappa shape index (κ1) is 27.1. The summed E-state index contributed by atoms with van der Waals surface area (Å²) in [5.41, 5.74) is 10.1. The predicted octanol–water partition coefficient (Wildman–Crippen LogP) is 3.54. The minimum absolute atomic E-state index is 0.115. The van der Waals surface area contributed by atoms with Crippen molar-refractivity contribution in [1.29, 1.82) is 0 Å². The van der Waals surface area contributed by atoms with Crippen LogP contribution in [0.25, 0.3) is 22.1 Å². The average Bonchev–Trinajstić information content (AvgIpc) is 3.58. The lowest BCUT2D eigenvalue weighted by Crippen LogP contribution is -2.49. The molecular formula is C30H41N7O3. The number of hydrogen-bond donors (Lipinski definition) is 4. The Morgan fingerprint density at radius 2 is 1.95 bits per heavy atom. The molecule has 0 radical (unpaired) electrons. The molecule has 4 heterocycles. The van der Waals surface area contributed by atoms with Crippen LogP contribution < -0.4 is 5.73 Å². The fourth-order valence-electron chi connectivity index (χ4n) is 6.30. The van der Waals surface area contributed by atoms with E-state index in [-0.39, 0.29) is 5.41 Å². The van der Waals surface area contributed by atoms with Gasteiger partial charge in [0.1, 0.15) is 41.9 Å². The lowest BCUT2D eigenvalue weighted by Gasteiger charge is -2.43. The zero-order valence-corrected chi connectivity index (χ0v) is 23.8. The number of anilines is 1. The van der Waals surface area contributed by atoms with Crippen molar-refractivity contribution in [1.82, 2.24) is 29.4 Å². The number of aliphatic hydroxyl groups is 2. The Morgan fingerprint density at radius 3 is 2.70 bits per heavy atom. The topological polar surface area (TPSA) is 138 Å². The third-order valence-electron chi connectivity index (χ3n) is 8.89. The summed E-state index contributed by atoms with van der Waals surface area (Å²) in [7, 11) is 0. The van der Waals surface area contributed by atoms with Crippen molar-refractivity contribution in [3.05, 3.63) is 48.2 Å². The predicted molar refractivity (Wildman–Crippen MR) is 155 cm³/mol. The van der Waals surface area contributed by atoms with Gasteiger partial charge in [0.25, 0.3) is 0 Å². The first-order valence-electron chi connectivity index (χ1n) is 14.4. The summed E-state index contributed by atoms with van der Waals surface area (Å²) in [5.74, 6) is 2.09. The van der Waals surface area contributed by atoms with Gasteiger partial charge in [-0.1, -0.05) is 33.8 Å². The normalized spacial score (nSPS) is 27.2. The van der Waals surface area contributed by atoms with Crippen molar-refractivity contribution in [2.75, 3.05) is 18.8 Å². The van der Waals surface area contributed by atoms with Crippen molar-refractivity contribution >= 4 is 27.9 Å². The lowest BCUT2D eigenvalue weighted by molar-refractivity contribution is -0.0548. The van der Waals surface area contributed by atoms with Gasteiger partial charge in [0, 0.05) is 25.2 Å². The number of fused-ring (bicyclic) bond motifs is 2. The lowest BCUT2D eigenvalue weighted by atomic mass is 9.76. The van der Waals surface area contributed by atoms with E-state index in [1.54, 1.807) is 10.8 Å². The minimum atomic E-state index is -1.06. The third-order valence-corrected chi connectivity index (χ3v) is 8.89. The molecule has 2 fully saturated rings. The van der Waals surface area contributed by atoms with Crippen LogP contribution in [0.15, 0.2) is 36.8 Å². The van der Waals surface area contributed by atoms with Crippen LogP contribution >= 0.6 is 0 Å². The first-order valence-corrected chi connectivity index (χ1v) is 14.4. The van der Waals surface area contributed by atoms with Gasteiger partial charge in [-0.25, -0.2) is 15.0 Å². The number of nitrogens with one attached hydrogen (secondary N) is 1. The van der Waals surface area contributed by atoms with Crippen LogP contribution in [-0.4, -0.2) is 77.1 Å². The first-order chi connectivity index (χ1) is 19.1. The largest absolute Gasteiger partial charge is 0.387 e. The standard InChI is InChI=1S/C30H41N7O3/c1-5-36(15-23-25(38)26(39)29(40-23)37-11-10-20-27(31)32-16-33-28(20)37)19-12-17(13-19)6-9-24-34-21-8-7-18(30(2,3)4)14-22(21)35-24/h7-8,10-11,14,16-17,19,23,25-26,29,38-39H,5-6,9,12-13,15H2,1-4H3,(H,34,35)(H2,31,32,33)/t17?,19?,23-,25+,26+,29-/m1/s1. The molecule has 1 saturated carbocycles. The van der Waals surface area contributed by atoms with Gasteiger partial charge in [-0.05, 0) is 60.9 Å². The number of rotatable bonds is 8. The van der Waals surface area contributed by atoms with Crippen molar-refractivity contribution in [3.63, 3.8) is 0 Å². The number of nitrogen functional groups attached to an aromatic ring is 1. The van der Waals surface area contributed by atoms with Gasteiger partial charge in [-0.3, -0.25) is 4.90 Å². The maximum atomic E-state index is 10.9. The van der Waals surface area contributed by atoms with Gasteiger partial charge in [-0.15, -0.1) is 0 Å². The van der Waals surface area contributed by atoms with Crippen LogP contribution in [-0.2, 0) is 16.6 Å². The summed E-state index contributed by atoms with van der Waals surface area (Å²) in [6.07, 6.45) is 4.18. The average molecular weight is 548 g/mol. The molecule has 0 unspecified atom stereocenters. The molecule has 10 heteroatoms. The number of hydrogen-bond acceptors (Lipinski definition) is 8. The summed E-state index contributed by atoms with van der Waals surface area (Å²) in [6, 6.07) is 8.79. The molecule has 0 amide bonds. The number of likely N-dealkylation sites (N-methyl/N-ethyl adjacent to an activating group) is 1. The fraction of sp³-hybridized carbons (Fsp3) is 0.567. The molecule has 10 nitrogen and oxygen atoms in total. The molecule has 1 saturated heterocycles. The van der Waals surface area contributed by atoms with E-state index >= 15 is 0 Å². The Bertz CT molecular complexity index is 1490. The van der Waals surface area contributed by atoms with Gasteiger partial charge in [-0.2, -0.15) is 0 Å². The molecule has 3 aromatic heterocycles. The van der Waals surface area contributed by atoms with Crippen LogP contribution in [0.3, 0.4) is 0 Å².